The van der Waals surface area contributed by atoms with Crippen LogP contribution in [-0.2, 0) is 6.42 Å². The van der Waals surface area contributed by atoms with E-state index in [-0.39, 0.29) is 10.6 Å². The van der Waals surface area contributed by atoms with Gasteiger partial charge in [0.05, 0.1) is 18.1 Å². The van der Waals surface area contributed by atoms with Crippen LogP contribution in [0.4, 0.5) is 5.69 Å². The highest BCUT2D eigenvalue weighted by Crippen LogP contribution is 2.34. The van der Waals surface area contributed by atoms with Gasteiger partial charge >= 0.3 is 0 Å². The molecule has 0 aliphatic heterocycles. The molecule has 104 valence electrons. The average molecular weight is 328 g/mol. The maximum Gasteiger partial charge on any atom is 0.273 e. The number of hydrogen-bond acceptors (Lipinski definition) is 3. The zero-order chi connectivity index (χ0) is 13.8. The van der Waals surface area contributed by atoms with E-state index in [9.17, 15) is 10.1 Å². The number of nitro groups is 1. The molecule has 0 N–H and O–H groups in total. The van der Waals surface area contributed by atoms with Gasteiger partial charge in [0, 0.05) is 10.9 Å². The van der Waals surface area contributed by atoms with Gasteiger partial charge in [-0.05, 0) is 36.8 Å². The maximum atomic E-state index is 10.9. The van der Waals surface area contributed by atoms with Crippen LogP contribution in [0.25, 0.3) is 0 Å². The van der Waals surface area contributed by atoms with E-state index < -0.39 is 0 Å². The van der Waals surface area contributed by atoms with Gasteiger partial charge < -0.3 is 4.74 Å². The molecule has 1 aliphatic carbocycles. The van der Waals surface area contributed by atoms with E-state index in [0.717, 1.165) is 12.0 Å². The summed E-state index contributed by atoms with van der Waals surface area (Å²) in [6.07, 6.45) is 5.76. The highest BCUT2D eigenvalue weighted by molar-refractivity contribution is 9.09. The van der Waals surface area contributed by atoms with Crippen molar-refractivity contribution in [2.45, 2.75) is 36.9 Å². The second kappa shape index (κ2) is 6.37. The first-order valence-corrected chi connectivity index (χ1v) is 7.48. The Morgan fingerprint density at radius 2 is 2.11 bits per heavy atom. The first-order valence-electron chi connectivity index (χ1n) is 6.56. The number of ether oxygens (including phenoxy) is 1. The van der Waals surface area contributed by atoms with Crippen molar-refractivity contribution in [2.75, 3.05) is 7.11 Å². The lowest BCUT2D eigenvalue weighted by atomic mass is 9.84. The Labute approximate surface area is 121 Å². The fourth-order valence-corrected chi connectivity index (χ4v) is 3.45. The quantitative estimate of drug-likeness (QED) is 0.475. The van der Waals surface area contributed by atoms with Crippen LogP contribution in [0.15, 0.2) is 18.2 Å². The van der Waals surface area contributed by atoms with Gasteiger partial charge in [-0.1, -0.05) is 28.8 Å². The Morgan fingerprint density at radius 3 is 2.74 bits per heavy atom. The molecule has 1 aromatic carbocycles. The van der Waals surface area contributed by atoms with Crippen LogP contribution < -0.4 is 4.74 Å². The predicted molar refractivity (Wildman–Crippen MR) is 78.0 cm³/mol. The molecule has 1 fully saturated rings. The Bertz CT molecular complexity index is 464. The number of alkyl halides is 1. The summed E-state index contributed by atoms with van der Waals surface area (Å²) in [5.41, 5.74) is 1.10. The Balaban J connectivity index is 2.18. The molecule has 1 aliphatic rings. The van der Waals surface area contributed by atoms with Crippen molar-refractivity contribution in [1.82, 2.24) is 0 Å². The normalized spacial score (nSPS) is 23.1. The molecule has 0 aromatic heterocycles. The summed E-state index contributed by atoms with van der Waals surface area (Å²) in [6.45, 7) is 0. The molecule has 4 nitrogen and oxygen atoms in total. The van der Waals surface area contributed by atoms with E-state index in [2.05, 4.69) is 15.9 Å². The second-order valence-corrected chi connectivity index (χ2v) is 6.24. The number of non-ortho nitro benzene ring substituents is 1. The van der Waals surface area contributed by atoms with Crippen LogP contribution in [0.2, 0.25) is 0 Å². The predicted octanol–water partition coefficient (Wildman–Crippen LogP) is 4.10. The smallest absolute Gasteiger partial charge is 0.273 e. The van der Waals surface area contributed by atoms with Crippen LogP contribution in [0.3, 0.4) is 0 Å². The van der Waals surface area contributed by atoms with E-state index in [1.807, 2.05) is 6.07 Å². The standard InChI is InChI=1S/C14H18BrNO3/c1-19-13-8-10(7-12(9-13)16(17)18)6-11-4-2-3-5-14(11)15/h7-9,11,14H,2-6H2,1H3. The van der Waals surface area contributed by atoms with Crippen LogP contribution in [0.5, 0.6) is 5.75 Å². The third-order valence-electron chi connectivity index (χ3n) is 3.71. The summed E-state index contributed by atoms with van der Waals surface area (Å²) in [6, 6.07) is 5.04. The summed E-state index contributed by atoms with van der Waals surface area (Å²) in [7, 11) is 1.54. The molecule has 2 rings (SSSR count). The van der Waals surface area contributed by atoms with Gasteiger partial charge in [0.15, 0.2) is 0 Å². The van der Waals surface area contributed by atoms with Gasteiger partial charge in [0.25, 0.3) is 5.69 Å². The second-order valence-electron chi connectivity index (χ2n) is 5.06. The molecule has 0 radical (unpaired) electrons. The van der Waals surface area contributed by atoms with Crippen LogP contribution in [0, 0.1) is 16.0 Å². The van der Waals surface area contributed by atoms with Crippen LogP contribution in [0.1, 0.15) is 31.2 Å². The zero-order valence-electron chi connectivity index (χ0n) is 11.0. The van der Waals surface area contributed by atoms with Crippen LogP contribution in [-0.4, -0.2) is 16.9 Å². The summed E-state index contributed by atoms with van der Waals surface area (Å²) in [5, 5.41) is 10.9. The van der Waals surface area contributed by atoms with E-state index in [0.29, 0.717) is 16.5 Å². The molecule has 1 aromatic rings. The fraction of sp³-hybridized carbons (Fsp3) is 0.571. The summed E-state index contributed by atoms with van der Waals surface area (Å²) in [5.74, 6) is 1.12. The minimum atomic E-state index is -0.363. The van der Waals surface area contributed by atoms with E-state index in [4.69, 9.17) is 4.74 Å². The number of nitrogens with zero attached hydrogens (tertiary/aromatic N) is 1. The van der Waals surface area contributed by atoms with E-state index in [1.54, 1.807) is 6.07 Å². The molecule has 0 amide bonds. The first kappa shape index (κ1) is 14.3. The molecule has 0 spiro atoms. The molecule has 2 atom stereocenters. The number of methoxy groups -OCH3 is 1. The van der Waals surface area contributed by atoms with Crippen molar-refractivity contribution in [3.05, 3.63) is 33.9 Å². The lowest BCUT2D eigenvalue weighted by Gasteiger charge is -2.27. The Morgan fingerprint density at radius 1 is 1.37 bits per heavy atom. The molecule has 1 saturated carbocycles. The number of hydrogen-bond donors (Lipinski definition) is 0. The Hall–Kier alpha value is -1.10. The SMILES string of the molecule is COc1cc(CC2CCCCC2Br)cc([N+](=O)[O-])c1. The van der Waals surface area contributed by atoms with Gasteiger partial charge in [-0.25, -0.2) is 0 Å². The first-order chi connectivity index (χ1) is 9.10. The number of rotatable bonds is 4. The highest BCUT2D eigenvalue weighted by atomic mass is 79.9. The van der Waals surface area contributed by atoms with Crippen molar-refractivity contribution in [2.24, 2.45) is 5.92 Å². The molecule has 0 saturated heterocycles. The average Bonchev–Trinajstić information content (AvgIpc) is 2.41. The molecule has 19 heavy (non-hydrogen) atoms. The number of benzene rings is 1. The van der Waals surface area contributed by atoms with Gasteiger partial charge in [-0.3, -0.25) is 10.1 Å². The van der Waals surface area contributed by atoms with E-state index in [1.165, 1.54) is 38.9 Å². The number of nitro benzene ring substituents is 1. The molecular weight excluding hydrogens is 310 g/mol. The summed E-state index contributed by atoms with van der Waals surface area (Å²) < 4.78 is 5.15. The molecular formula is C14H18BrNO3. The summed E-state index contributed by atoms with van der Waals surface area (Å²) in [4.78, 5) is 11.1. The van der Waals surface area contributed by atoms with E-state index >= 15 is 0 Å². The van der Waals surface area contributed by atoms with Crippen molar-refractivity contribution < 1.29 is 9.66 Å². The fourth-order valence-electron chi connectivity index (χ4n) is 2.68. The van der Waals surface area contributed by atoms with Crippen molar-refractivity contribution in [3.8, 4) is 5.75 Å². The zero-order valence-corrected chi connectivity index (χ0v) is 12.6. The van der Waals surface area contributed by atoms with Crippen LogP contribution >= 0.6 is 15.9 Å². The maximum absolute atomic E-state index is 10.9. The minimum absolute atomic E-state index is 0.108. The molecule has 2 unspecified atom stereocenters. The van der Waals surface area contributed by atoms with Crippen molar-refractivity contribution in [1.29, 1.82) is 0 Å². The summed E-state index contributed by atoms with van der Waals surface area (Å²) >= 11 is 3.73. The molecule has 0 bridgehead atoms. The third-order valence-corrected chi connectivity index (χ3v) is 4.92. The van der Waals surface area contributed by atoms with Gasteiger partial charge in [-0.15, -0.1) is 0 Å². The topological polar surface area (TPSA) is 52.4 Å². The van der Waals surface area contributed by atoms with Gasteiger partial charge in [-0.2, -0.15) is 0 Å². The molecule has 0 heterocycles. The lowest BCUT2D eigenvalue weighted by molar-refractivity contribution is -0.385. The van der Waals surface area contributed by atoms with Crippen molar-refractivity contribution in [3.63, 3.8) is 0 Å². The minimum Gasteiger partial charge on any atom is -0.496 e. The monoisotopic (exact) mass is 327 g/mol. The largest absolute Gasteiger partial charge is 0.496 e. The Kier molecular flexibility index (Phi) is 4.80. The highest BCUT2D eigenvalue weighted by Gasteiger charge is 2.23. The van der Waals surface area contributed by atoms with Crippen molar-refractivity contribution >= 4 is 21.6 Å². The number of halogens is 1. The lowest BCUT2D eigenvalue weighted by Crippen LogP contribution is -2.21. The van der Waals surface area contributed by atoms with Gasteiger partial charge in [0.1, 0.15) is 5.75 Å². The van der Waals surface area contributed by atoms with Gasteiger partial charge in [0.2, 0.25) is 0 Å². The molecule has 5 heteroatoms. The third kappa shape index (κ3) is 3.69.